The molecule has 1 saturated carbocycles. The average molecular weight is 316 g/mol. The van der Waals surface area contributed by atoms with Crippen molar-refractivity contribution < 1.29 is 14.8 Å². The molecule has 1 N–H and O–H groups in total. The Balaban J connectivity index is 2.21. The lowest BCUT2D eigenvalue weighted by Crippen LogP contribution is -2.56. The molecular weight excluding hydrogens is 302 g/mol. The molecule has 0 heterocycles. The number of aliphatic hydroxyl groups excluding tert-OH is 1. The van der Waals surface area contributed by atoms with Crippen molar-refractivity contribution in [3.8, 4) is 5.75 Å². The van der Waals surface area contributed by atoms with Crippen LogP contribution in [-0.4, -0.2) is 22.2 Å². The topological polar surface area (TPSA) is 72.6 Å². The molecule has 2 unspecified atom stereocenters. The van der Waals surface area contributed by atoms with E-state index < -0.39 is 4.92 Å². The molecule has 0 radical (unpaired) electrons. The lowest BCUT2D eigenvalue weighted by molar-refractivity contribution is -0.385. The number of nitro groups is 1. The van der Waals surface area contributed by atoms with E-state index in [0.29, 0.717) is 16.6 Å². The van der Waals surface area contributed by atoms with E-state index in [0.717, 1.165) is 0 Å². The van der Waals surface area contributed by atoms with Crippen molar-refractivity contribution in [2.24, 2.45) is 5.41 Å². The molecule has 1 aromatic carbocycles. The fraction of sp³-hybridized carbons (Fsp3) is 0.500. The van der Waals surface area contributed by atoms with Gasteiger partial charge in [0.1, 0.15) is 16.3 Å². The van der Waals surface area contributed by atoms with E-state index in [1.165, 1.54) is 6.07 Å². The van der Waals surface area contributed by atoms with Crippen LogP contribution in [-0.2, 0) is 0 Å². The highest BCUT2D eigenvalue weighted by atomic mass is 79.9. The first kappa shape index (κ1) is 13.3. The molecule has 2 rings (SSSR count). The molecule has 0 bridgehead atoms. The third-order valence-electron chi connectivity index (χ3n) is 3.53. The zero-order chi connectivity index (χ0) is 13.5. The van der Waals surface area contributed by atoms with Gasteiger partial charge in [0, 0.05) is 17.9 Å². The zero-order valence-electron chi connectivity index (χ0n) is 10.1. The molecule has 0 saturated heterocycles. The first-order chi connectivity index (χ1) is 8.34. The summed E-state index contributed by atoms with van der Waals surface area (Å²) in [5, 5.41) is 20.4. The second-order valence-electron chi connectivity index (χ2n) is 5.03. The Hall–Kier alpha value is -1.14. The Bertz CT molecular complexity index is 489. The highest BCUT2D eigenvalue weighted by molar-refractivity contribution is 9.10. The van der Waals surface area contributed by atoms with E-state index in [4.69, 9.17) is 4.74 Å². The number of aliphatic hydroxyl groups is 1. The van der Waals surface area contributed by atoms with Crippen LogP contribution in [0.25, 0.3) is 0 Å². The highest BCUT2D eigenvalue weighted by Crippen LogP contribution is 2.45. The summed E-state index contributed by atoms with van der Waals surface area (Å²) in [5.41, 5.74) is -0.352. The van der Waals surface area contributed by atoms with E-state index in [1.54, 1.807) is 12.1 Å². The van der Waals surface area contributed by atoms with Crippen LogP contribution in [0.5, 0.6) is 5.75 Å². The van der Waals surface area contributed by atoms with Crippen LogP contribution in [0, 0.1) is 15.5 Å². The number of hydrogen-bond acceptors (Lipinski definition) is 4. The average Bonchev–Trinajstić information content (AvgIpc) is 2.30. The Labute approximate surface area is 113 Å². The molecule has 98 valence electrons. The predicted molar refractivity (Wildman–Crippen MR) is 69.6 cm³/mol. The van der Waals surface area contributed by atoms with Crippen LogP contribution in [0.15, 0.2) is 22.7 Å². The lowest BCUT2D eigenvalue weighted by atomic mass is 9.66. The second-order valence-corrected chi connectivity index (χ2v) is 5.82. The van der Waals surface area contributed by atoms with E-state index >= 15 is 0 Å². The van der Waals surface area contributed by atoms with E-state index in [-0.39, 0.29) is 23.3 Å². The third-order valence-corrected chi connectivity index (χ3v) is 4.33. The molecule has 6 heteroatoms. The fourth-order valence-electron chi connectivity index (χ4n) is 1.95. The van der Waals surface area contributed by atoms with Gasteiger partial charge in [0.2, 0.25) is 0 Å². The van der Waals surface area contributed by atoms with Crippen LogP contribution < -0.4 is 4.74 Å². The molecule has 2 atom stereocenters. The van der Waals surface area contributed by atoms with Gasteiger partial charge < -0.3 is 9.84 Å². The van der Waals surface area contributed by atoms with Gasteiger partial charge in [0.15, 0.2) is 0 Å². The second kappa shape index (κ2) is 4.51. The van der Waals surface area contributed by atoms with Crippen molar-refractivity contribution >= 4 is 21.6 Å². The number of benzene rings is 1. The fourth-order valence-corrected chi connectivity index (χ4v) is 2.45. The molecule has 5 nitrogen and oxygen atoms in total. The van der Waals surface area contributed by atoms with Gasteiger partial charge in [-0.1, -0.05) is 19.9 Å². The summed E-state index contributed by atoms with van der Waals surface area (Å²) < 4.78 is 6.09. The smallest absolute Gasteiger partial charge is 0.287 e. The third kappa shape index (κ3) is 2.10. The molecule has 1 aliphatic rings. The Morgan fingerprint density at radius 2 is 2.22 bits per heavy atom. The number of halogens is 1. The Kier molecular flexibility index (Phi) is 3.33. The number of rotatable bonds is 3. The minimum absolute atomic E-state index is 0.0230. The largest absolute Gasteiger partial charge is 0.488 e. The van der Waals surface area contributed by atoms with E-state index in [9.17, 15) is 15.2 Å². The quantitative estimate of drug-likeness (QED) is 0.687. The van der Waals surface area contributed by atoms with E-state index in [2.05, 4.69) is 15.9 Å². The van der Waals surface area contributed by atoms with Crippen LogP contribution in [0.4, 0.5) is 5.69 Å². The molecule has 0 amide bonds. The summed E-state index contributed by atoms with van der Waals surface area (Å²) in [6.07, 6.45) is 0.0214. The number of nitrogens with zero attached hydrogens (tertiary/aromatic N) is 1. The summed E-state index contributed by atoms with van der Waals surface area (Å²) in [6, 6.07) is 4.68. The van der Waals surface area contributed by atoms with Gasteiger partial charge in [-0.05, 0) is 22.0 Å². The zero-order valence-corrected chi connectivity index (χ0v) is 11.7. The van der Waals surface area contributed by atoms with Gasteiger partial charge in [0.25, 0.3) is 5.69 Å². The molecule has 1 aromatic rings. The van der Waals surface area contributed by atoms with Crippen LogP contribution in [0.1, 0.15) is 20.3 Å². The lowest BCUT2D eigenvalue weighted by Gasteiger charge is -2.48. The maximum absolute atomic E-state index is 10.8. The standard InChI is InChI=1S/C12H14BrNO4/c1-12(2)9(15)6-10(12)18-8-5-3-4-7(11(8)13)14(16)17/h3-5,9-10,15H,6H2,1-2H3. The van der Waals surface area contributed by atoms with Crippen molar-refractivity contribution in [2.45, 2.75) is 32.5 Å². The maximum atomic E-state index is 10.8. The van der Waals surface area contributed by atoms with Crippen molar-refractivity contribution in [3.05, 3.63) is 32.8 Å². The number of nitro benzene ring substituents is 1. The minimum atomic E-state index is -0.461. The molecule has 18 heavy (non-hydrogen) atoms. The normalized spacial score (nSPS) is 25.3. The van der Waals surface area contributed by atoms with Crippen molar-refractivity contribution in [2.75, 3.05) is 0 Å². The first-order valence-electron chi connectivity index (χ1n) is 5.61. The van der Waals surface area contributed by atoms with Crippen molar-refractivity contribution in [1.82, 2.24) is 0 Å². The summed E-state index contributed by atoms with van der Waals surface area (Å²) in [4.78, 5) is 10.3. The summed E-state index contributed by atoms with van der Waals surface area (Å²) >= 11 is 3.19. The van der Waals surface area contributed by atoms with Gasteiger partial charge in [-0.25, -0.2) is 0 Å². The molecule has 0 aliphatic heterocycles. The van der Waals surface area contributed by atoms with Gasteiger partial charge in [0.05, 0.1) is 11.0 Å². The molecule has 1 fully saturated rings. The van der Waals surface area contributed by atoms with Crippen LogP contribution in [0.3, 0.4) is 0 Å². The van der Waals surface area contributed by atoms with Crippen LogP contribution in [0.2, 0.25) is 0 Å². The Morgan fingerprint density at radius 1 is 1.56 bits per heavy atom. The van der Waals surface area contributed by atoms with Gasteiger partial charge in [-0.3, -0.25) is 10.1 Å². The molecule has 0 spiro atoms. The number of ether oxygens (including phenoxy) is 1. The number of hydrogen-bond donors (Lipinski definition) is 1. The summed E-state index contributed by atoms with van der Waals surface area (Å²) in [7, 11) is 0. The van der Waals surface area contributed by atoms with E-state index in [1.807, 2.05) is 13.8 Å². The molecule has 1 aliphatic carbocycles. The first-order valence-corrected chi connectivity index (χ1v) is 6.41. The maximum Gasteiger partial charge on any atom is 0.287 e. The minimum Gasteiger partial charge on any atom is -0.488 e. The Morgan fingerprint density at radius 3 is 2.72 bits per heavy atom. The van der Waals surface area contributed by atoms with Crippen LogP contribution >= 0.6 is 15.9 Å². The van der Waals surface area contributed by atoms with Gasteiger partial charge >= 0.3 is 0 Å². The summed E-state index contributed by atoms with van der Waals surface area (Å²) in [5.74, 6) is 0.439. The van der Waals surface area contributed by atoms with Gasteiger partial charge in [-0.15, -0.1) is 0 Å². The SMILES string of the molecule is CC1(C)C(O)CC1Oc1cccc([N+](=O)[O-])c1Br. The monoisotopic (exact) mass is 315 g/mol. The van der Waals surface area contributed by atoms with Crippen molar-refractivity contribution in [3.63, 3.8) is 0 Å². The van der Waals surface area contributed by atoms with Crippen molar-refractivity contribution in [1.29, 1.82) is 0 Å². The highest BCUT2D eigenvalue weighted by Gasteiger charge is 2.49. The predicted octanol–water partition coefficient (Wildman–Crippen LogP) is 2.90. The molecular formula is C12H14BrNO4. The molecule has 0 aromatic heterocycles. The van der Waals surface area contributed by atoms with Gasteiger partial charge in [-0.2, -0.15) is 0 Å². The summed E-state index contributed by atoms with van der Waals surface area (Å²) in [6.45, 7) is 3.83.